The molecule has 0 aliphatic heterocycles. The maximum absolute atomic E-state index is 6.08. The fourth-order valence-corrected chi connectivity index (χ4v) is 2.38. The Kier molecular flexibility index (Phi) is 3.20. The second kappa shape index (κ2) is 4.33. The van der Waals surface area contributed by atoms with Gasteiger partial charge in [0, 0.05) is 11.3 Å². The van der Waals surface area contributed by atoms with Crippen LogP contribution < -0.4 is 0 Å². The van der Waals surface area contributed by atoms with Crippen molar-refractivity contribution in [1.82, 2.24) is 9.97 Å². The lowest BCUT2D eigenvalue weighted by atomic mass is 9.92. The second-order valence-corrected chi connectivity index (χ2v) is 6.05. The predicted octanol–water partition coefficient (Wildman–Crippen LogP) is 4.09. The smallest absolute Gasteiger partial charge is 0.133 e. The molecule has 1 aromatic heterocycles. The van der Waals surface area contributed by atoms with Crippen molar-refractivity contribution in [1.29, 1.82) is 0 Å². The van der Waals surface area contributed by atoms with Crippen LogP contribution in [-0.2, 0) is 5.41 Å². The molecule has 2 nitrogen and oxygen atoms in total. The number of hydrogen-bond donors (Lipinski definition) is 0. The average molecular weight is 239 g/mol. The van der Waals surface area contributed by atoms with E-state index in [1.807, 2.05) is 6.07 Å². The van der Waals surface area contributed by atoms with Gasteiger partial charge in [0.15, 0.2) is 0 Å². The number of hydrogen-bond acceptors (Lipinski definition) is 2. The Hall–Kier alpha value is -0.630. The largest absolute Gasteiger partial charge is 0.237 e. The van der Waals surface area contributed by atoms with Crippen molar-refractivity contribution in [2.75, 3.05) is 0 Å². The summed E-state index contributed by atoms with van der Waals surface area (Å²) in [5.41, 5.74) is 1.09. The van der Waals surface area contributed by atoms with Crippen LogP contribution >= 0.6 is 11.6 Å². The minimum Gasteiger partial charge on any atom is -0.237 e. The molecule has 1 heterocycles. The topological polar surface area (TPSA) is 25.8 Å². The summed E-state index contributed by atoms with van der Waals surface area (Å²) in [7, 11) is 0. The lowest BCUT2D eigenvalue weighted by Crippen LogP contribution is -2.16. The van der Waals surface area contributed by atoms with E-state index in [0.29, 0.717) is 11.1 Å². The van der Waals surface area contributed by atoms with Crippen molar-refractivity contribution < 1.29 is 0 Å². The number of nitrogens with zero attached hydrogens (tertiary/aromatic N) is 2. The van der Waals surface area contributed by atoms with E-state index in [4.69, 9.17) is 16.6 Å². The van der Waals surface area contributed by atoms with Gasteiger partial charge < -0.3 is 0 Å². The van der Waals surface area contributed by atoms with E-state index in [0.717, 1.165) is 11.5 Å². The van der Waals surface area contributed by atoms with E-state index in [2.05, 4.69) is 25.8 Å². The van der Waals surface area contributed by atoms with Crippen molar-refractivity contribution >= 4 is 11.6 Å². The summed E-state index contributed by atoms with van der Waals surface area (Å²) < 4.78 is 0. The fraction of sp³-hybridized carbons (Fsp3) is 0.692. The molecule has 1 aliphatic rings. The first-order chi connectivity index (χ1) is 7.47. The SMILES string of the molecule is CC(C)(C)c1cc(Cl)nc(C2CCCC2)n1. The first-order valence-corrected chi connectivity index (χ1v) is 6.39. The number of rotatable bonds is 1. The van der Waals surface area contributed by atoms with Crippen LogP contribution in [0.3, 0.4) is 0 Å². The van der Waals surface area contributed by atoms with Crippen molar-refractivity contribution in [2.24, 2.45) is 0 Å². The van der Waals surface area contributed by atoms with Crippen LogP contribution in [0.15, 0.2) is 6.07 Å². The van der Waals surface area contributed by atoms with Crippen LogP contribution in [0.25, 0.3) is 0 Å². The molecule has 0 bridgehead atoms. The summed E-state index contributed by atoms with van der Waals surface area (Å²) in [5.74, 6) is 1.48. The van der Waals surface area contributed by atoms with Crippen LogP contribution in [0.5, 0.6) is 0 Å². The maximum Gasteiger partial charge on any atom is 0.133 e. The zero-order chi connectivity index (χ0) is 11.8. The minimum atomic E-state index is 0.0416. The average Bonchev–Trinajstić information content (AvgIpc) is 2.68. The molecule has 0 saturated heterocycles. The van der Waals surface area contributed by atoms with Gasteiger partial charge in [0.1, 0.15) is 11.0 Å². The van der Waals surface area contributed by atoms with E-state index in [1.54, 1.807) is 0 Å². The fourth-order valence-electron chi connectivity index (χ4n) is 2.19. The first kappa shape index (κ1) is 11.8. The second-order valence-electron chi connectivity index (χ2n) is 5.67. The molecule has 0 unspecified atom stereocenters. The molecule has 16 heavy (non-hydrogen) atoms. The Morgan fingerprint density at radius 1 is 1.19 bits per heavy atom. The highest BCUT2D eigenvalue weighted by atomic mass is 35.5. The van der Waals surface area contributed by atoms with E-state index in [-0.39, 0.29) is 5.41 Å². The highest BCUT2D eigenvalue weighted by molar-refractivity contribution is 6.29. The van der Waals surface area contributed by atoms with Crippen molar-refractivity contribution in [3.05, 3.63) is 22.7 Å². The van der Waals surface area contributed by atoms with Crippen LogP contribution in [0.4, 0.5) is 0 Å². The Morgan fingerprint density at radius 2 is 1.81 bits per heavy atom. The van der Waals surface area contributed by atoms with Crippen molar-refractivity contribution in [2.45, 2.75) is 57.8 Å². The first-order valence-electron chi connectivity index (χ1n) is 6.02. The molecule has 1 aromatic rings. The molecule has 88 valence electrons. The van der Waals surface area contributed by atoms with Gasteiger partial charge in [-0.1, -0.05) is 45.2 Å². The summed E-state index contributed by atoms with van der Waals surface area (Å²) >= 11 is 6.08. The molecule has 0 aromatic carbocycles. The number of halogens is 1. The summed E-state index contributed by atoms with van der Waals surface area (Å²) in [5, 5.41) is 0.585. The van der Waals surface area contributed by atoms with E-state index in [1.165, 1.54) is 25.7 Å². The third kappa shape index (κ3) is 2.54. The molecule has 0 amide bonds. The molecule has 1 fully saturated rings. The van der Waals surface area contributed by atoms with Crippen LogP contribution in [-0.4, -0.2) is 9.97 Å². The third-order valence-electron chi connectivity index (χ3n) is 3.20. The van der Waals surface area contributed by atoms with E-state index < -0.39 is 0 Å². The monoisotopic (exact) mass is 238 g/mol. The Morgan fingerprint density at radius 3 is 2.38 bits per heavy atom. The molecule has 0 N–H and O–H groups in total. The zero-order valence-electron chi connectivity index (χ0n) is 10.3. The van der Waals surface area contributed by atoms with Crippen LogP contribution in [0.2, 0.25) is 5.15 Å². The van der Waals surface area contributed by atoms with Gasteiger partial charge >= 0.3 is 0 Å². The van der Waals surface area contributed by atoms with Gasteiger partial charge in [0.05, 0.1) is 5.69 Å². The standard InChI is InChI=1S/C13H19ClN2/c1-13(2,3)10-8-11(14)16-12(15-10)9-6-4-5-7-9/h8-9H,4-7H2,1-3H3. The molecule has 2 rings (SSSR count). The summed E-state index contributed by atoms with van der Waals surface area (Å²) in [6, 6.07) is 1.89. The van der Waals surface area contributed by atoms with Gasteiger partial charge in [-0.3, -0.25) is 0 Å². The molecule has 0 radical (unpaired) electrons. The zero-order valence-corrected chi connectivity index (χ0v) is 11.0. The van der Waals surface area contributed by atoms with Crippen LogP contribution in [0.1, 0.15) is 63.9 Å². The lowest BCUT2D eigenvalue weighted by molar-refractivity contribution is 0.552. The molecular weight excluding hydrogens is 220 g/mol. The van der Waals surface area contributed by atoms with E-state index >= 15 is 0 Å². The van der Waals surface area contributed by atoms with Gasteiger partial charge in [0.2, 0.25) is 0 Å². The Labute approximate surface area is 102 Å². The summed E-state index contributed by atoms with van der Waals surface area (Å²) in [6.07, 6.45) is 5.02. The highest BCUT2D eigenvalue weighted by Gasteiger charge is 2.23. The summed E-state index contributed by atoms with van der Waals surface area (Å²) in [6.45, 7) is 6.47. The Balaban J connectivity index is 2.35. The van der Waals surface area contributed by atoms with Gasteiger partial charge in [-0.2, -0.15) is 0 Å². The van der Waals surface area contributed by atoms with Crippen LogP contribution in [0, 0.1) is 0 Å². The van der Waals surface area contributed by atoms with Crippen molar-refractivity contribution in [3.8, 4) is 0 Å². The van der Waals surface area contributed by atoms with Gasteiger partial charge in [-0.15, -0.1) is 0 Å². The molecule has 0 spiro atoms. The van der Waals surface area contributed by atoms with Crippen molar-refractivity contribution in [3.63, 3.8) is 0 Å². The normalized spacial score (nSPS) is 18.0. The molecule has 3 heteroatoms. The third-order valence-corrected chi connectivity index (χ3v) is 3.39. The Bertz CT molecular complexity index is 376. The minimum absolute atomic E-state index is 0.0416. The highest BCUT2D eigenvalue weighted by Crippen LogP contribution is 2.33. The summed E-state index contributed by atoms with van der Waals surface area (Å²) in [4.78, 5) is 9.07. The van der Waals surface area contributed by atoms with Gasteiger partial charge in [-0.25, -0.2) is 9.97 Å². The predicted molar refractivity (Wildman–Crippen MR) is 67.0 cm³/mol. The molecule has 0 atom stereocenters. The van der Waals surface area contributed by atoms with Gasteiger partial charge in [-0.05, 0) is 18.9 Å². The molecule has 1 aliphatic carbocycles. The molecular formula is C13H19ClN2. The molecule has 1 saturated carbocycles. The number of aromatic nitrogens is 2. The van der Waals surface area contributed by atoms with E-state index in [9.17, 15) is 0 Å². The van der Waals surface area contributed by atoms with Gasteiger partial charge in [0.25, 0.3) is 0 Å². The lowest BCUT2D eigenvalue weighted by Gasteiger charge is -2.19. The maximum atomic E-state index is 6.08. The quantitative estimate of drug-likeness (QED) is 0.689.